The molecule has 0 N–H and O–H groups in total. The lowest BCUT2D eigenvalue weighted by atomic mass is 9.66. The summed E-state index contributed by atoms with van der Waals surface area (Å²) >= 11 is 1.92. The number of anilines is 3. The SMILES string of the molecule is c1ccc(-c2ccc(N(c3ccc4c(c3)-c3ccccc3-c3ccccc3C43c4ccccc4-c4c3ccc3c4sc4ccccc43)c3cccc4c3Oc3ccccc3-c3ccccc3-4)cc2)cc1. The average molecular weight is 908 g/mol. The quantitative estimate of drug-likeness (QED) is 0.174. The summed E-state index contributed by atoms with van der Waals surface area (Å²) in [6.07, 6.45) is 0. The van der Waals surface area contributed by atoms with Gasteiger partial charge in [0, 0.05) is 48.2 Å². The Morgan fingerprint density at radius 3 is 1.67 bits per heavy atom. The molecule has 2 aliphatic carbocycles. The standard InChI is InChI=1S/C67H41NOS/c1-2-17-42(18-3-1)43-33-35-44(36-34-43)68(61-30-16-27-53-48-21-6-5-20-47(48)51-24-10-14-31-62(51)69-65(53)61)45-37-39-59-56(41-45)49-22-7-4-19-46(49)50-23-8-12-28-57(50)67(59)58-29-13-9-26-55(58)64-60(67)40-38-54-52-25-11-15-32-63(52)70-66(54)64/h1-41H. The number of nitrogens with zero attached hydrogens (tertiary/aromatic N) is 1. The van der Waals surface area contributed by atoms with Crippen LogP contribution in [0.25, 0.3) is 86.9 Å². The number of ether oxygens (including phenoxy) is 1. The molecular weight excluding hydrogens is 867 g/mol. The average Bonchev–Trinajstić information content (AvgIpc) is 3.87. The second kappa shape index (κ2) is 15.1. The Bertz CT molecular complexity index is 4110. The molecule has 1 aromatic heterocycles. The lowest BCUT2D eigenvalue weighted by Crippen LogP contribution is -2.29. The summed E-state index contributed by atoms with van der Waals surface area (Å²) in [5, 5.41) is 2.63. The van der Waals surface area contributed by atoms with Crippen molar-refractivity contribution in [2.45, 2.75) is 5.41 Å². The van der Waals surface area contributed by atoms with E-state index < -0.39 is 5.41 Å². The Labute approximate surface area is 410 Å². The molecule has 1 atom stereocenters. The van der Waals surface area contributed by atoms with E-state index in [0.717, 1.165) is 56.4 Å². The topological polar surface area (TPSA) is 12.5 Å². The number of thiophene rings is 1. The first-order valence-corrected chi connectivity index (χ1v) is 24.9. The molecule has 0 amide bonds. The van der Waals surface area contributed by atoms with Crippen LogP contribution in [-0.4, -0.2) is 0 Å². The Balaban J connectivity index is 1.03. The Hall–Kier alpha value is -8.76. The molecule has 2 nitrogen and oxygen atoms in total. The molecule has 12 aromatic rings. The van der Waals surface area contributed by atoms with E-state index in [0.29, 0.717) is 0 Å². The van der Waals surface area contributed by atoms with Crippen LogP contribution in [0.1, 0.15) is 22.3 Å². The van der Waals surface area contributed by atoms with Gasteiger partial charge in [-0.05, 0) is 115 Å². The van der Waals surface area contributed by atoms with Crippen LogP contribution in [0, 0.1) is 0 Å². The van der Waals surface area contributed by atoms with Crippen molar-refractivity contribution >= 4 is 48.6 Å². The van der Waals surface area contributed by atoms with Crippen LogP contribution >= 0.6 is 11.3 Å². The third-order valence-corrected chi connectivity index (χ3v) is 16.3. The molecule has 2 heterocycles. The number of hydrogen-bond acceptors (Lipinski definition) is 3. The maximum Gasteiger partial charge on any atom is 0.159 e. The first-order chi connectivity index (χ1) is 34.7. The van der Waals surface area contributed by atoms with E-state index >= 15 is 0 Å². The Morgan fingerprint density at radius 1 is 0.343 bits per heavy atom. The van der Waals surface area contributed by atoms with Crippen molar-refractivity contribution in [1.29, 1.82) is 0 Å². The van der Waals surface area contributed by atoms with Gasteiger partial charge in [-0.15, -0.1) is 11.3 Å². The monoisotopic (exact) mass is 907 g/mol. The van der Waals surface area contributed by atoms with Crippen LogP contribution in [0.2, 0.25) is 0 Å². The van der Waals surface area contributed by atoms with Gasteiger partial charge in [0.05, 0.1) is 11.1 Å². The highest BCUT2D eigenvalue weighted by atomic mass is 32.1. The molecule has 70 heavy (non-hydrogen) atoms. The van der Waals surface area contributed by atoms with Crippen molar-refractivity contribution in [2.24, 2.45) is 0 Å². The zero-order chi connectivity index (χ0) is 45.9. The van der Waals surface area contributed by atoms with E-state index in [4.69, 9.17) is 4.74 Å². The van der Waals surface area contributed by atoms with E-state index in [1.54, 1.807) is 0 Å². The minimum absolute atomic E-state index is 0.623. The van der Waals surface area contributed by atoms with Gasteiger partial charge in [-0.2, -0.15) is 0 Å². The molecule has 11 aromatic carbocycles. The second-order valence-corrected chi connectivity index (χ2v) is 19.7. The lowest BCUT2D eigenvalue weighted by molar-refractivity contribution is 0.489. The fraction of sp³-hybridized carbons (Fsp3) is 0.0149. The van der Waals surface area contributed by atoms with Crippen LogP contribution in [-0.2, 0) is 5.41 Å². The fourth-order valence-corrected chi connectivity index (χ4v) is 13.5. The molecule has 326 valence electrons. The number of fused-ring (bicyclic) bond motifs is 21. The highest BCUT2D eigenvalue weighted by Gasteiger charge is 2.50. The summed E-state index contributed by atoms with van der Waals surface area (Å²) in [5.41, 5.74) is 21.9. The number of para-hydroxylation sites is 2. The Morgan fingerprint density at radius 2 is 0.886 bits per heavy atom. The summed E-state index contributed by atoms with van der Waals surface area (Å²) in [5.74, 6) is 1.65. The maximum atomic E-state index is 7.23. The van der Waals surface area contributed by atoms with Gasteiger partial charge < -0.3 is 9.64 Å². The first-order valence-electron chi connectivity index (χ1n) is 24.1. The Kier molecular flexibility index (Phi) is 8.48. The summed E-state index contributed by atoms with van der Waals surface area (Å²) in [4.78, 5) is 2.41. The van der Waals surface area contributed by atoms with Crippen molar-refractivity contribution in [3.05, 3.63) is 271 Å². The first kappa shape index (κ1) is 39.3. The molecule has 0 fully saturated rings. The van der Waals surface area contributed by atoms with Crippen molar-refractivity contribution < 1.29 is 4.74 Å². The van der Waals surface area contributed by atoms with Crippen LogP contribution in [0.15, 0.2) is 249 Å². The molecule has 3 aliphatic rings. The minimum atomic E-state index is -0.623. The molecular formula is C67H41NOS. The molecule has 1 spiro atoms. The van der Waals surface area contributed by atoms with Gasteiger partial charge in [-0.3, -0.25) is 0 Å². The van der Waals surface area contributed by atoms with E-state index in [1.807, 2.05) is 11.3 Å². The molecule has 3 heteroatoms. The van der Waals surface area contributed by atoms with Crippen LogP contribution in [0.3, 0.4) is 0 Å². The summed E-state index contributed by atoms with van der Waals surface area (Å²) in [6, 6.07) is 91.8. The van der Waals surface area contributed by atoms with Crippen LogP contribution < -0.4 is 9.64 Å². The highest BCUT2D eigenvalue weighted by Crippen LogP contribution is 2.64. The number of hydrogen-bond donors (Lipinski definition) is 0. The van der Waals surface area contributed by atoms with Crippen molar-refractivity contribution in [2.75, 3.05) is 4.90 Å². The van der Waals surface area contributed by atoms with Crippen LogP contribution in [0.5, 0.6) is 11.5 Å². The summed E-state index contributed by atoms with van der Waals surface area (Å²) < 4.78 is 9.90. The van der Waals surface area contributed by atoms with Crippen molar-refractivity contribution in [3.8, 4) is 78.3 Å². The van der Waals surface area contributed by atoms with Crippen molar-refractivity contribution in [1.82, 2.24) is 0 Å². The smallest absolute Gasteiger partial charge is 0.159 e. The van der Waals surface area contributed by atoms with E-state index in [-0.39, 0.29) is 0 Å². The van der Waals surface area contributed by atoms with E-state index in [9.17, 15) is 0 Å². The molecule has 15 rings (SSSR count). The third-order valence-electron chi connectivity index (χ3n) is 15.1. The van der Waals surface area contributed by atoms with Gasteiger partial charge in [-0.25, -0.2) is 0 Å². The van der Waals surface area contributed by atoms with Gasteiger partial charge in [0.1, 0.15) is 5.75 Å². The van der Waals surface area contributed by atoms with E-state index in [1.165, 1.54) is 81.4 Å². The molecule has 1 unspecified atom stereocenters. The molecule has 0 saturated heterocycles. The van der Waals surface area contributed by atoms with E-state index in [2.05, 4.69) is 254 Å². The van der Waals surface area contributed by atoms with Gasteiger partial charge in [-0.1, -0.05) is 206 Å². The van der Waals surface area contributed by atoms with Crippen molar-refractivity contribution in [3.63, 3.8) is 0 Å². The predicted octanol–water partition coefficient (Wildman–Crippen LogP) is 18.6. The normalized spacial score (nSPS) is 14.5. The third kappa shape index (κ3) is 5.49. The number of benzene rings is 11. The van der Waals surface area contributed by atoms with Gasteiger partial charge in [0.2, 0.25) is 0 Å². The molecule has 0 bridgehead atoms. The number of rotatable bonds is 4. The molecule has 0 saturated carbocycles. The predicted molar refractivity (Wildman–Crippen MR) is 292 cm³/mol. The fourth-order valence-electron chi connectivity index (χ4n) is 12.2. The summed E-state index contributed by atoms with van der Waals surface area (Å²) in [6.45, 7) is 0. The highest BCUT2D eigenvalue weighted by molar-refractivity contribution is 7.26. The summed E-state index contributed by atoms with van der Waals surface area (Å²) in [7, 11) is 0. The lowest BCUT2D eigenvalue weighted by Gasteiger charge is -2.36. The minimum Gasteiger partial charge on any atom is -0.454 e. The largest absolute Gasteiger partial charge is 0.454 e. The zero-order valence-corrected chi connectivity index (χ0v) is 38.8. The van der Waals surface area contributed by atoms with Gasteiger partial charge >= 0.3 is 0 Å². The zero-order valence-electron chi connectivity index (χ0n) is 37.9. The van der Waals surface area contributed by atoms with Gasteiger partial charge in [0.25, 0.3) is 0 Å². The molecule has 1 aliphatic heterocycles. The second-order valence-electron chi connectivity index (χ2n) is 18.6. The molecule has 0 radical (unpaired) electrons. The van der Waals surface area contributed by atoms with Gasteiger partial charge in [0.15, 0.2) is 5.75 Å². The maximum absolute atomic E-state index is 7.23. The van der Waals surface area contributed by atoms with Crippen LogP contribution in [0.4, 0.5) is 17.1 Å².